The Balaban J connectivity index is 2.79. The maximum Gasteiger partial charge on any atom is 0.220 e. The van der Waals surface area contributed by atoms with E-state index >= 15 is 0 Å². The second-order valence-corrected chi connectivity index (χ2v) is 7.83. The SMILES string of the molecule is CCCO[Si](C)(CC)c1ccccc1. The van der Waals surface area contributed by atoms with Gasteiger partial charge in [-0.3, -0.25) is 0 Å². The first-order valence-corrected chi connectivity index (χ1v) is 8.04. The number of hydrogen-bond donors (Lipinski definition) is 0. The van der Waals surface area contributed by atoms with Gasteiger partial charge in [0.1, 0.15) is 0 Å². The number of benzene rings is 1. The van der Waals surface area contributed by atoms with Gasteiger partial charge in [0.2, 0.25) is 8.32 Å². The lowest BCUT2D eigenvalue weighted by molar-refractivity contribution is 0.312. The highest BCUT2D eigenvalue weighted by Crippen LogP contribution is 2.11. The van der Waals surface area contributed by atoms with Gasteiger partial charge in [-0.2, -0.15) is 0 Å². The summed E-state index contributed by atoms with van der Waals surface area (Å²) in [5, 5.41) is 1.41. The topological polar surface area (TPSA) is 9.23 Å². The highest BCUT2D eigenvalue weighted by Gasteiger charge is 2.28. The summed E-state index contributed by atoms with van der Waals surface area (Å²) in [6.45, 7) is 7.59. The fourth-order valence-corrected chi connectivity index (χ4v) is 3.84. The Morgan fingerprint density at radius 2 is 1.79 bits per heavy atom. The van der Waals surface area contributed by atoms with E-state index in [0.29, 0.717) is 0 Å². The van der Waals surface area contributed by atoms with E-state index in [1.807, 2.05) is 0 Å². The summed E-state index contributed by atoms with van der Waals surface area (Å²) in [5.74, 6) is 0. The molecule has 0 aliphatic carbocycles. The molecule has 0 heterocycles. The van der Waals surface area contributed by atoms with Gasteiger partial charge >= 0.3 is 0 Å². The van der Waals surface area contributed by atoms with Crippen LogP contribution in [0.1, 0.15) is 20.3 Å². The lowest BCUT2D eigenvalue weighted by Crippen LogP contribution is -2.47. The third kappa shape index (κ3) is 2.69. The standard InChI is InChI=1S/C12H20OSi/c1-4-11-13-14(3,5-2)12-9-7-6-8-10-12/h6-10H,4-5,11H2,1-3H3. The van der Waals surface area contributed by atoms with Gasteiger partial charge in [-0.25, -0.2) is 0 Å². The Morgan fingerprint density at radius 3 is 2.29 bits per heavy atom. The van der Waals surface area contributed by atoms with Gasteiger partial charge in [0, 0.05) is 6.61 Å². The van der Waals surface area contributed by atoms with E-state index < -0.39 is 8.32 Å². The third-order valence-electron chi connectivity index (χ3n) is 2.68. The van der Waals surface area contributed by atoms with Crippen LogP contribution in [0.25, 0.3) is 0 Å². The predicted molar refractivity (Wildman–Crippen MR) is 64.4 cm³/mol. The van der Waals surface area contributed by atoms with Crippen molar-refractivity contribution in [2.75, 3.05) is 6.61 Å². The monoisotopic (exact) mass is 208 g/mol. The van der Waals surface area contributed by atoms with E-state index in [1.165, 1.54) is 5.19 Å². The minimum atomic E-state index is -1.62. The summed E-state index contributed by atoms with van der Waals surface area (Å²) >= 11 is 0. The highest BCUT2D eigenvalue weighted by molar-refractivity contribution is 6.85. The molecule has 1 aromatic carbocycles. The van der Waals surface area contributed by atoms with E-state index in [1.54, 1.807) is 0 Å². The predicted octanol–water partition coefficient (Wildman–Crippen LogP) is 2.92. The second kappa shape index (κ2) is 5.32. The zero-order valence-electron chi connectivity index (χ0n) is 9.42. The van der Waals surface area contributed by atoms with Crippen molar-refractivity contribution in [3.8, 4) is 0 Å². The van der Waals surface area contributed by atoms with Crippen molar-refractivity contribution >= 4 is 13.5 Å². The molecule has 0 bridgehead atoms. The summed E-state index contributed by atoms with van der Waals surface area (Å²) in [6, 6.07) is 11.8. The van der Waals surface area contributed by atoms with Gasteiger partial charge in [0.05, 0.1) is 0 Å². The lowest BCUT2D eigenvalue weighted by atomic mass is 10.4. The molecule has 1 atom stereocenters. The van der Waals surface area contributed by atoms with Gasteiger partial charge in [-0.05, 0) is 24.2 Å². The van der Waals surface area contributed by atoms with Crippen molar-refractivity contribution in [2.45, 2.75) is 32.9 Å². The normalized spacial score (nSPS) is 15.1. The highest BCUT2D eigenvalue weighted by atomic mass is 28.4. The van der Waals surface area contributed by atoms with Crippen LogP contribution in [0, 0.1) is 0 Å². The third-order valence-corrected chi connectivity index (χ3v) is 6.43. The summed E-state index contributed by atoms with van der Waals surface area (Å²) in [4.78, 5) is 0. The van der Waals surface area contributed by atoms with Crippen LogP contribution >= 0.6 is 0 Å². The van der Waals surface area contributed by atoms with E-state index in [4.69, 9.17) is 4.43 Å². The largest absolute Gasteiger partial charge is 0.413 e. The van der Waals surface area contributed by atoms with Crippen LogP contribution in [0.2, 0.25) is 12.6 Å². The summed E-state index contributed by atoms with van der Waals surface area (Å²) < 4.78 is 6.05. The number of rotatable bonds is 5. The maximum atomic E-state index is 6.05. The lowest BCUT2D eigenvalue weighted by Gasteiger charge is -2.26. The average Bonchev–Trinajstić information content (AvgIpc) is 2.27. The van der Waals surface area contributed by atoms with Crippen LogP contribution in [0.4, 0.5) is 0 Å². The van der Waals surface area contributed by atoms with Crippen LogP contribution in [0.3, 0.4) is 0 Å². The first-order valence-electron chi connectivity index (χ1n) is 5.42. The fourth-order valence-electron chi connectivity index (χ4n) is 1.51. The quantitative estimate of drug-likeness (QED) is 0.676. The molecule has 0 fully saturated rings. The molecule has 0 saturated carbocycles. The zero-order valence-corrected chi connectivity index (χ0v) is 10.4. The molecular weight excluding hydrogens is 188 g/mol. The molecule has 1 unspecified atom stereocenters. The maximum absolute atomic E-state index is 6.05. The van der Waals surface area contributed by atoms with E-state index in [-0.39, 0.29) is 0 Å². The van der Waals surface area contributed by atoms with Crippen LogP contribution in [-0.2, 0) is 4.43 Å². The van der Waals surface area contributed by atoms with Crippen molar-refractivity contribution in [3.63, 3.8) is 0 Å². The average molecular weight is 208 g/mol. The Bertz CT molecular complexity index is 260. The van der Waals surface area contributed by atoms with E-state index in [2.05, 4.69) is 50.7 Å². The van der Waals surface area contributed by atoms with Crippen LogP contribution in [0.15, 0.2) is 30.3 Å². The Kier molecular flexibility index (Phi) is 4.36. The van der Waals surface area contributed by atoms with Crippen molar-refractivity contribution in [3.05, 3.63) is 30.3 Å². The Morgan fingerprint density at radius 1 is 1.14 bits per heavy atom. The summed E-state index contributed by atoms with van der Waals surface area (Å²) in [6.07, 6.45) is 1.11. The molecule has 1 aromatic rings. The molecule has 1 rings (SSSR count). The van der Waals surface area contributed by atoms with Gasteiger partial charge in [0.25, 0.3) is 0 Å². The molecule has 0 spiro atoms. The second-order valence-electron chi connectivity index (χ2n) is 3.80. The zero-order chi connectivity index (χ0) is 10.4. The molecule has 0 saturated heterocycles. The summed E-state index contributed by atoms with van der Waals surface area (Å²) in [5.41, 5.74) is 0. The molecule has 0 N–H and O–H groups in total. The molecular formula is C12H20OSi. The molecule has 0 amide bonds. The minimum Gasteiger partial charge on any atom is -0.413 e. The van der Waals surface area contributed by atoms with Crippen molar-refractivity contribution in [1.82, 2.24) is 0 Å². The van der Waals surface area contributed by atoms with Crippen molar-refractivity contribution in [1.29, 1.82) is 0 Å². The summed E-state index contributed by atoms with van der Waals surface area (Å²) in [7, 11) is -1.62. The van der Waals surface area contributed by atoms with Crippen molar-refractivity contribution < 1.29 is 4.43 Å². The van der Waals surface area contributed by atoms with Crippen LogP contribution < -0.4 is 5.19 Å². The molecule has 0 aliphatic rings. The number of hydrogen-bond acceptors (Lipinski definition) is 1. The van der Waals surface area contributed by atoms with Crippen LogP contribution in [-0.4, -0.2) is 14.9 Å². The Hall–Kier alpha value is -0.603. The van der Waals surface area contributed by atoms with Gasteiger partial charge < -0.3 is 4.43 Å². The molecule has 78 valence electrons. The Labute approximate surface area is 88.2 Å². The fraction of sp³-hybridized carbons (Fsp3) is 0.500. The molecule has 14 heavy (non-hydrogen) atoms. The van der Waals surface area contributed by atoms with E-state index in [9.17, 15) is 0 Å². The van der Waals surface area contributed by atoms with Crippen molar-refractivity contribution in [2.24, 2.45) is 0 Å². The first-order chi connectivity index (χ1) is 6.73. The first kappa shape index (κ1) is 11.5. The van der Waals surface area contributed by atoms with E-state index in [0.717, 1.165) is 19.1 Å². The molecule has 0 aliphatic heterocycles. The molecule has 0 aromatic heterocycles. The smallest absolute Gasteiger partial charge is 0.220 e. The van der Waals surface area contributed by atoms with Gasteiger partial charge in [-0.1, -0.05) is 44.2 Å². The molecule has 1 nitrogen and oxygen atoms in total. The van der Waals surface area contributed by atoms with Gasteiger partial charge in [-0.15, -0.1) is 0 Å². The van der Waals surface area contributed by atoms with Gasteiger partial charge in [0.15, 0.2) is 0 Å². The minimum absolute atomic E-state index is 0.894. The van der Waals surface area contributed by atoms with Crippen LogP contribution in [0.5, 0.6) is 0 Å². The molecule has 2 heteroatoms. The molecule has 0 radical (unpaired) electrons.